The smallest absolute Gasteiger partial charge is 0.241 e. The summed E-state index contributed by atoms with van der Waals surface area (Å²) in [5.41, 5.74) is 0.752. The van der Waals surface area contributed by atoms with Gasteiger partial charge in [0.2, 0.25) is 5.91 Å². The molecule has 2 rings (SSSR count). The van der Waals surface area contributed by atoms with Gasteiger partial charge in [-0.25, -0.2) is 0 Å². The molecule has 1 aromatic rings. The number of benzene rings is 1. The molecule has 1 unspecified atom stereocenters. The van der Waals surface area contributed by atoms with Crippen LogP contribution in [-0.2, 0) is 4.79 Å². The van der Waals surface area contributed by atoms with Crippen molar-refractivity contribution in [2.24, 2.45) is 0 Å². The summed E-state index contributed by atoms with van der Waals surface area (Å²) in [6.07, 6.45) is 2.54. The van der Waals surface area contributed by atoms with Crippen LogP contribution in [0.15, 0.2) is 30.3 Å². The molecule has 1 atom stereocenters. The SMILES string of the molecule is CCN(CCNC(=O)C(C#N)c1ccccc1)C1CC1. The zero-order valence-electron chi connectivity index (χ0n) is 11.9. The first-order chi connectivity index (χ1) is 9.76. The Labute approximate surface area is 120 Å². The van der Waals surface area contributed by atoms with Crippen LogP contribution < -0.4 is 5.32 Å². The Hall–Kier alpha value is -1.86. The molecule has 20 heavy (non-hydrogen) atoms. The van der Waals surface area contributed by atoms with E-state index in [0.29, 0.717) is 12.6 Å². The van der Waals surface area contributed by atoms with Gasteiger partial charge >= 0.3 is 0 Å². The monoisotopic (exact) mass is 271 g/mol. The molecular formula is C16H21N3O. The molecule has 0 bridgehead atoms. The topological polar surface area (TPSA) is 56.1 Å². The first-order valence-electron chi connectivity index (χ1n) is 7.22. The lowest BCUT2D eigenvalue weighted by Crippen LogP contribution is -2.37. The second-order valence-electron chi connectivity index (χ2n) is 5.12. The molecule has 4 heteroatoms. The Balaban J connectivity index is 1.82. The first-order valence-corrected chi connectivity index (χ1v) is 7.22. The Bertz CT molecular complexity index is 476. The predicted octanol–water partition coefficient (Wildman–Crippen LogP) is 1.89. The van der Waals surface area contributed by atoms with E-state index in [1.165, 1.54) is 12.8 Å². The van der Waals surface area contributed by atoms with Crippen LogP contribution in [0.5, 0.6) is 0 Å². The molecule has 1 saturated carbocycles. The van der Waals surface area contributed by atoms with Gasteiger partial charge in [-0.2, -0.15) is 5.26 Å². The van der Waals surface area contributed by atoms with E-state index >= 15 is 0 Å². The predicted molar refractivity (Wildman–Crippen MR) is 78.1 cm³/mol. The van der Waals surface area contributed by atoms with Crippen LogP contribution in [-0.4, -0.2) is 36.5 Å². The summed E-state index contributed by atoms with van der Waals surface area (Å²) in [6.45, 7) is 4.62. The van der Waals surface area contributed by atoms with Crippen molar-refractivity contribution in [3.63, 3.8) is 0 Å². The van der Waals surface area contributed by atoms with Crippen molar-refractivity contribution in [3.05, 3.63) is 35.9 Å². The number of nitrogens with one attached hydrogen (secondary N) is 1. The van der Waals surface area contributed by atoms with Crippen LogP contribution in [0.25, 0.3) is 0 Å². The third-order valence-corrected chi connectivity index (χ3v) is 3.69. The van der Waals surface area contributed by atoms with Gasteiger partial charge in [0.05, 0.1) is 6.07 Å². The molecule has 1 aliphatic carbocycles. The van der Waals surface area contributed by atoms with E-state index in [1.807, 2.05) is 30.3 Å². The highest BCUT2D eigenvalue weighted by molar-refractivity contribution is 5.86. The van der Waals surface area contributed by atoms with Crippen molar-refractivity contribution in [3.8, 4) is 6.07 Å². The van der Waals surface area contributed by atoms with Gasteiger partial charge in [-0.15, -0.1) is 0 Å². The van der Waals surface area contributed by atoms with E-state index in [0.717, 1.165) is 18.7 Å². The lowest BCUT2D eigenvalue weighted by molar-refractivity contribution is -0.121. The fourth-order valence-corrected chi connectivity index (χ4v) is 2.39. The summed E-state index contributed by atoms with van der Waals surface area (Å²) in [5.74, 6) is -0.919. The summed E-state index contributed by atoms with van der Waals surface area (Å²) >= 11 is 0. The lowest BCUT2D eigenvalue weighted by atomic mass is 10.00. The first kappa shape index (κ1) is 14.5. The number of likely N-dealkylation sites (N-methyl/N-ethyl adjacent to an activating group) is 1. The number of carbonyl (C=O) groups excluding carboxylic acids is 1. The maximum Gasteiger partial charge on any atom is 0.241 e. The zero-order chi connectivity index (χ0) is 14.4. The third kappa shape index (κ3) is 3.82. The number of amides is 1. The van der Waals surface area contributed by atoms with Gasteiger partial charge in [-0.05, 0) is 24.9 Å². The van der Waals surface area contributed by atoms with Crippen LogP contribution >= 0.6 is 0 Å². The summed E-state index contributed by atoms with van der Waals surface area (Å²) in [5, 5.41) is 12.1. The maximum absolute atomic E-state index is 12.1. The van der Waals surface area contributed by atoms with Gasteiger partial charge in [0.25, 0.3) is 0 Å². The second-order valence-corrected chi connectivity index (χ2v) is 5.12. The van der Waals surface area contributed by atoms with Crippen LogP contribution in [0.1, 0.15) is 31.2 Å². The fraction of sp³-hybridized carbons (Fsp3) is 0.500. The van der Waals surface area contributed by atoms with Crippen molar-refractivity contribution in [2.45, 2.75) is 31.7 Å². The molecule has 4 nitrogen and oxygen atoms in total. The Kier molecular flexibility index (Phi) is 5.14. The fourth-order valence-electron chi connectivity index (χ4n) is 2.39. The number of hydrogen-bond acceptors (Lipinski definition) is 3. The quantitative estimate of drug-likeness (QED) is 0.824. The minimum atomic E-state index is -0.716. The highest BCUT2D eigenvalue weighted by Gasteiger charge is 2.27. The number of rotatable bonds is 7. The molecule has 0 radical (unpaired) electrons. The lowest BCUT2D eigenvalue weighted by Gasteiger charge is -2.20. The van der Waals surface area contributed by atoms with Gasteiger partial charge in [0, 0.05) is 19.1 Å². The molecule has 0 spiro atoms. The summed E-state index contributed by atoms with van der Waals surface area (Å²) < 4.78 is 0. The third-order valence-electron chi connectivity index (χ3n) is 3.69. The van der Waals surface area contributed by atoms with Gasteiger partial charge < -0.3 is 5.32 Å². The van der Waals surface area contributed by atoms with Crippen molar-refractivity contribution in [2.75, 3.05) is 19.6 Å². The van der Waals surface area contributed by atoms with Gasteiger partial charge in [0.15, 0.2) is 0 Å². The molecule has 0 aromatic heterocycles. The molecule has 0 heterocycles. The van der Waals surface area contributed by atoms with Gasteiger partial charge in [-0.1, -0.05) is 37.3 Å². The zero-order valence-corrected chi connectivity index (χ0v) is 11.9. The van der Waals surface area contributed by atoms with E-state index in [2.05, 4.69) is 23.2 Å². The van der Waals surface area contributed by atoms with Crippen LogP contribution in [0, 0.1) is 11.3 Å². The largest absolute Gasteiger partial charge is 0.353 e. The Morgan fingerprint density at radius 3 is 2.70 bits per heavy atom. The van der Waals surface area contributed by atoms with Crippen LogP contribution in [0.3, 0.4) is 0 Å². The molecule has 0 saturated heterocycles. The number of carbonyl (C=O) groups is 1. The van der Waals surface area contributed by atoms with Crippen LogP contribution in [0.4, 0.5) is 0 Å². The molecule has 1 amide bonds. The average molecular weight is 271 g/mol. The summed E-state index contributed by atoms with van der Waals surface area (Å²) in [6, 6.07) is 12.0. The Morgan fingerprint density at radius 2 is 2.15 bits per heavy atom. The molecule has 0 aliphatic heterocycles. The van der Waals surface area contributed by atoms with Crippen molar-refractivity contribution < 1.29 is 4.79 Å². The highest BCUT2D eigenvalue weighted by Crippen LogP contribution is 2.25. The minimum Gasteiger partial charge on any atom is -0.353 e. The van der Waals surface area contributed by atoms with Crippen molar-refractivity contribution in [1.29, 1.82) is 5.26 Å². The van der Waals surface area contributed by atoms with Crippen molar-refractivity contribution in [1.82, 2.24) is 10.2 Å². The molecule has 1 N–H and O–H groups in total. The van der Waals surface area contributed by atoms with E-state index in [9.17, 15) is 10.1 Å². The normalized spacial score (nSPS) is 15.7. The second kappa shape index (κ2) is 7.06. The summed E-state index contributed by atoms with van der Waals surface area (Å²) in [4.78, 5) is 14.5. The molecule has 1 aromatic carbocycles. The number of hydrogen-bond donors (Lipinski definition) is 1. The number of nitriles is 1. The number of nitrogens with zero attached hydrogens (tertiary/aromatic N) is 2. The average Bonchev–Trinajstić information content (AvgIpc) is 3.30. The highest BCUT2D eigenvalue weighted by atomic mass is 16.1. The maximum atomic E-state index is 12.1. The van der Waals surface area contributed by atoms with E-state index in [-0.39, 0.29) is 5.91 Å². The summed E-state index contributed by atoms with van der Waals surface area (Å²) in [7, 11) is 0. The van der Waals surface area contributed by atoms with Crippen molar-refractivity contribution >= 4 is 5.91 Å². The van der Waals surface area contributed by atoms with Crippen LogP contribution in [0.2, 0.25) is 0 Å². The standard InChI is InChI=1S/C16H21N3O/c1-2-19(14-8-9-14)11-10-18-16(20)15(12-17)13-6-4-3-5-7-13/h3-7,14-15H,2,8-11H2,1H3,(H,18,20). The van der Waals surface area contributed by atoms with E-state index in [4.69, 9.17) is 0 Å². The molecule has 1 aliphatic rings. The van der Waals surface area contributed by atoms with Gasteiger partial charge in [-0.3, -0.25) is 9.69 Å². The molecular weight excluding hydrogens is 250 g/mol. The molecule has 1 fully saturated rings. The van der Waals surface area contributed by atoms with E-state index in [1.54, 1.807) is 0 Å². The van der Waals surface area contributed by atoms with E-state index < -0.39 is 5.92 Å². The Morgan fingerprint density at radius 1 is 1.45 bits per heavy atom. The minimum absolute atomic E-state index is 0.203. The van der Waals surface area contributed by atoms with Gasteiger partial charge in [0.1, 0.15) is 5.92 Å². The molecule has 106 valence electrons.